The molecule has 0 atom stereocenters. The molecule has 0 aliphatic heterocycles. The molecule has 1 N–H and O–H groups in total. The van der Waals surface area contributed by atoms with Gasteiger partial charge in [0.15, 0.2) is 15.0 Å². The number of anilines is 1. The minimum Gasteiger partial charge on any atom is -0.457 e. The van der Waals surface area contributed by atoms with Crippen LogP contribution in [0.4, 0.5) is 5.13 Å². The quantitative estimate of drug-likeness (QED) is 0.318. The maximum atomic E-state index is 13.0. The summed E-state index contributed by atoms with van der Waals surface area (Å²) in [6, 6.07) is 15.0. The normalized spacial score (nSPS) is 11.3. The summed E-state index contributed by atoms with van der Waals surface area (Å²) in [5, 5.41) is 5.01. The van der Waals surface area contributed by atoms with E-state index in [-0.39, 0.29) is 16.7 Å². The molecule has 2 heterocycles. The number of benzene rings is 2. The van der Waals surface area contributed by atoms with E-state index in [1.54, 1.807) is 41.9 Å². The second-order valence-electron chi connectivity index (χ2n) is 7.49. The van der Waals surface area contributed by atoms with Crippen molar-refractivity contribution in [3.05, 3.63) is 83.0 Å². The van der Waals surface area contributed by atoms with Crippen molar-refractivity contribution in [1.29, 1.82) is 0 Å². The lowest BCUT2D eigenvalue weighted by atomic mass is 10.0. The van der Waals surface area contributed by atoms with Crippen molar-refractivity contribution in [2.24, 2.45) is 0 Å². The van der Waals surface area contributed by atoms with Crippen molar-refractivity contribution in [3.63, 3.8) is 0 Å². The van der Waals surface area contributed by atoms with Gasteiger partial charge in [-0.2, -0.15) is 0 Å². The Morgan fingerprint density at radius 2 is 1.88 bits per heavy atom. The standard InChI is InChI=1S/C24H20ClN3O4S2/c1-15-4-3-9-26-22(15)16-10-17(23(29)28-24-27-18(13-25)14-33-24)12-20(11-16)32-19-5-7-21(8-6-19)34(2,30)31/h3-12,14H,13H2,1-2H3,(H,27,28,29). The number of carbonyl (C=O) groups is 1. The van der Waals surface area contributed by atoms with Gasteiger partial charge in [-0.05, 0) is 61.0 Å². The number of amides is 1. The van der Waals surface area contributed by atoms with E-state index in [0.29, 0.717) is 39.1 Å². The van der Waals surface area contributed by atoms with Gasteiger partial charge in [-0.25, -0.2) is 13.4 Å². The van der Waals surface area contributed by atoms with Crippen molar-refractivity contribution in [2.75, 3.05) is 11.6 Å². The average molecular weight is 514 g/mol. The molecular weight excluding hydrogens is 494 g/mol. The van der Waals surface area contributed by atoms with E-state index in [1.807, 2.05) is 19.1 Å². The van der Waals surface area contributed by atoms with Gasteiger partial charge in [0.05, 0.1) is 22.2 Å². The van der Waals surface area contributed by atoms with Crippen LogP contribution in [0, 0.1) is 6.92 Å². The average Bonchev–Trinajstić information content (AvgIpc) is 3.26. The number of nitrogens with zero attached hydrogens (tertiary/aromatic N) is 2. The van der Waals surface area contributed by atoms with Crippen molar-refractivity contribution < 1.29 is 17.9 Å². The third-order valence-electron chi connectivity index (χ3n) is 4.85. The molecule has 174 valence electrons. The van der Waals surface area contributed by atoms with Crippen molar-refractivity contribution in [1.82, 2.24) is 9.97 Å². The largest absolute Gasteiger partial charge is 0.457 e. The number of hydrogen-bond donors (Lipinski definition) is 1. The lowest BCUT2D eigenvalue weighted by molar-refractivity contribution is 0.102. The monoisotopic (exact) mass is 513 g/mol. The molecule has 0 aliphatic rings. The number of aryl methyl sites for hydroxylation is 1. The van der Waals surface area contributed by atoms with E-state index in [9.17, 15) is 13.2 Å². The molecule has 7 nitrogen and oxygen atoms in total. The van der Waals surface area contributed by atoms with Crippen LogP contribution in [0.25, 0.3) is 11.3 Å². The first kappa shape index (κ1) is 23.9. The molecule has 0 saturated heterocycles. The lowest BCUT2D eigenvalue weighted by Gasteiger charge is -2.12. The van der Waals surface area contributed by atoms with Crippen LogP contribution in [0.15, 0.2) is 71.1 Å². The number of nitrogens with one attached hydrogen (secondary N) is 1. The van der Waals surface area contributed by atoms with Gasteiger partial charge in [0.1, 0.15) is 11.5 Å². The minimum absolute atomic E-state index is 0.192. The van der Waals surface area contributed by atoms with Gasteiger partial charge in [-0.3, -0.25) is 15.1 Å². The molecule has 1 amide bonds. The molecule has 0 unspecified atom stereocenters. The third kappa shape index (κ3) is 5.61. The number of sulfone groups is 1. The van der Waals surface area contributed by atoms with Crippen LogP contribution in [-0.4, -0.2) is 30.5 Å². The highest BCUT2D eigenvalue weighted by Crippen LogP contribution is 2.31. The van der Waals surface area contributed by atoms with Crippen LogP contribution >= 0.6 is 22.9 Å². The van der Waals surface area contributed by atoms with Gasteiger partial charge in [-0.1, -0.05) is 6.07 Å². The summed E-state index contributed by atoms with van der Waals surface area (Å²) < 4.78 is 29.4. The molecule has 0 aliphatic carbocycles. The second-order valence-corrected chi connectivity index (χ2v) is 10.6. The fourth-order valence-corrected chi connectivity index (χ4v) is 4.76. The molecule has 2 aromatic carbocycles. The predicted molar refractivity (Wildman–Crippen MR) is 134 cm³/mol. The van der Waals surface area contributed by atoms with E-state index in [2.05, 4.69) is 15.3 Å². The summed E-state index contributed by atoms with van der Waals surface area (Å²) in [7, 11) is -3.32. The zero-order valence-electron chi connectivity index (χ0n) is 18.3. The Morgan fingerprint density at radius 1 is 1.12 bits per heavy atom. The Labute approximate surface area is 206 Å². The highest BCUT2D eigenvalue weighted by atomic mass is 35.5. The van der Waals surface area contributed by atoms with E-state index in [1.165, 1.54) is 23.5 Å². The van der Waals surface area contributed by atoms with Gasteiger partial charge in [0.25, 0.3) is 5.91 Å². The molecule has 4 rings (SSSR count). The maximum Gasteiger partial charge on any atom is 0.257 e. The number of pyridine rings is 1. The van der Waals surface area contributed by atoms with Crippen LogP contribution in [0.3, 0.4) is 0 Å². The lowest BCUT2D eigenvalue weighted by Crippen LogP contribution is -2.12. The third-order valence-corrected chi connectivity index (χ3v) is 7.06. The Morgan fingerprint density at radius 3 is 2.53 bits per heavy atom. The Kier molecular flexibility index (Phi) is 6.97. The molecule has 2 aromatic heterocycles. The molecule has 0 bridgehead atoms. The minimum atomic E-state index is -3.32. The number of alkyl halides is 1. The summed E-state index contributed by atoms with van der Waals surface area (Å²) in [4.78, 5) is 21.9. The number of rotatable bonds is 7. The molecule has 0 radical (unpaired) electrons. The molecule has 34 heavy (non-hydrogen) atoms. The van der Waals surface area contributed by atoms with E-state index >= 15 is 0 Å². The number of halogens is 1. The first-order valence-electron chi connectivity index (χ1n) is 10.1. The zero-order chi connectivity index (χ0) is 24.3. The van der Waals surface area contributed by atoms with Crippen LogP contribution in [0.2, 0.25) is 0 Å². The van der Waals surface area contributed by atoms with Gasteiger partial charge < -0.3 is 4.74 Å². The van der Waals surface area contributed by atoms with E-state index in [0.717, 1.165) is 11.8 Å². The molecule has 4 aromatic rings. The Hall–Kier alpha value is -3.27. The van der Waals surface area contributed by atoms with Crippen LogP contribution in [0.1, 0.15) is 21.6 Å². The smallest absolute Gasteiger partial charge is 0.257 e. The topological polar surface area (TPSA) is 98.2 Å². The molecular formula is C24H20ClN3O4S2. The summed E-state index contributed by atoms with van der Waals surface area (Å²) in [5.41, 5.74) is 3.40. The summed E-state index contributed by atoms with van der Waals surface area (Å²) in [5.74, 6) is 0.737. The van der Waals surface area contributed by atoms with Gasteiger partial charge in [0, 0.05) is 29.0 Å². The fourth-order valence-electron chi connectivity index (χ4n) is 3.20. The summed E-state index contributed by atoms with van der Waals surface area (Å²) in [6.07, 6.45) is 2.83. The Balaban J connectivity index is 1.69. The molecule has 0 saturated carbocycles. The number of aromatic nitrogens is 2. The molecule has 10 heteroatoms. The second kappa shape index (κ2) is 9.92. The van der Waals surface area contributed by atoms with Crippen molar-refractivity contribution >= 4 is 43.8 Å². The number of thiazole rings is 1. The highest BCUT2D eigenvalue weighted by molar-refractivity contribution is 7.90. The fraction of sp³-hybridized carbons (Fsp3) is 0.125. The molecule has 0 spiro atoms. The van der Waals surface area contributed by atoms with Gasteiger partial charge >= 0.3 is 0 Å². The first-order chi connectivity index (χ1) is 16.2. The summed E-state index contributed by atoms with van der Waals surface area (Å²) >= 11 is 7.09. The van der Waals surface area contributed by atoms with Crippen LogP contribution in [-0.2, 0) is 15.7 Å². The van der Waals surface area contributed by atoms with Crippen LogP contribution < -0.4 is 10.1 Å². The van der Waals surface area contributed by atoms with Gasteiger partial charge in [0.2, 0.25) is 0 Å². The highest BCUT2D eigenvalue weighted by Gasteiger charge is 2.15. The summed E-state index contributed by atoms with van der Waals surface area (Å²) in [6.45, 7) is 1.93. The Bertz CT molecular complexity index is 1450. The number of ether oxygens (including phenoxy) is 1. The predicted octanol–water partition coefficient (Wildman–Crippen LogP) is 5.70. The molecule has 0 fully saturated rings. The number of carbonyl (C=O) groups excluding carboxylic acids is 1. The van der Waals surface area contributed by atoms with Crippen molar-refractivity contribution in [3.8, 4) is 22.8 Å². The van der Waals surface area contributed by atoms with Gasteiger partial charge in [-0.15, -0.1) is 22.9 Å². The zero-order valence-corrected chi connectivity index (χ0v) is 20.7. The van der Waals surface area contributed by atoms with Crippen LogP contribution in [0.5, 0.6) is 11.5 Å². The SMILES string of the molecule is Cc1cccnc1-c1cc(Oc2ccc(S(C)(=O)=O)cc2)cc(C(=O)Nc2nc(CCl)cs2)c1. The first-order valence-corrected chi connectivity index (χ1v) is 13.4. The number of hydrogen-bond acceptors (Lipinski definition) is 7. The van der Waals surface area contributed by atoms with Crippen molar-refractivity contribution in [2.45, 2.75) is 17.7 Å². The maximum absolute atomic E-state index is 13.0. The van der Waals surface area contributed by atoms with E-state index < -0.39 is 9.84 Å². The van der Waals surface area contributed by atoms with E-state index in [4.69, 9.17) is 16.3 Å².